The third-order valence-electron chi connectivity index (χ3n) is 3.71. The van der Waals surface area contributed by atoms with E-state index in [0.717, 1.165) is 21.8 Å². The first-order valence-corrected chi connectivity index (χ1v) is 8.48. The van der Waals surface area contributed by atoms with Crippen LogP contribution in [-0.2, 0) is 0 Å². The summed E-state index contributed by atoms with van der Waals surface area (Å²) in [6, 6.07) is 16.6. The van der Waals surface area contributed by atoms with Crippen molar-refractivity contribution in [1.82, 2.24) is 14.6 Å². The van der Waals surface area contributed by atoms with Crippen molar-refractivity contribution in [3.8, 4) is 0 Å². The molecule has 112 valence electrons. The van der Waals surface area contributed by atoms with Crippen molar-refractivity contribution in [1.29, 1.82) is 0 Å². The predicted octanol–water partition coefficient (Wildman–Crippen LogP) is 4.19. The van der Waals surface area contributed by atoms with Gasteiger partial charge in [-0.2, -0.15) is 5.10 Å². The van der Waals surface area contributed by atoms with E-state index in [1.54, 1.807) is 18.6 Å². The zero-order valence-electron chi connectivity index (χ0n) is 12.5. The maximum Gasteiger partial charge on any atom is 0.187 e. The molecule has 0 N–H and O–H groups in total. The lowest BCUT2D eigenvalue weighted by Crippen LogP contribution is -1.93. The number of benzene rings is 2. The molecule has 2 aromatic heterocycles. The molecule has 0 aliphatic rings. The van der Waals surface area contributed by atoms with Crippen LogP contribution in [0.3, 0.4) is 0 Å². The number of fused-ring (bicyclic) bond motifs is 3. The van der Waals surface area contributed by atoms with Gasteiger partial charge in [-0.05, 0) is 18.4 Å². The first-order valence-electron chi connectivity index (χ1n) is 7.25. The van der Waals surface area contributed by atoms with Gasteiger partial charge in [-0.1, -0.05) is 48.2 Å². The number of aromatic nitrogens is 3. The third-order valence-corrected chi connectivity index (χ3v) is 4.28. The molecule has 0 spiro atoms. The minimum absolute atomic E-state index is 0.763. The Morgan fingerprint density at radius 3 is 2.04 bits per heavy atom. The van der Waals surface area contributed by atoms with Gasteiger partial charge in [0.1, 0.15) is 0 Å². The van der Waals surface area contributed by atoms with E-state index < -0.39 is 0 Å². The molecule has 0 aliphatic carbocycles. The highest BCUT2D eigenvalue weighted by Crippen LogP contribution is 2.28. The summed E-state index contributed by atoms with van der Waals surface area (Å²) in [6.07, 6.45) is 7.33. The molecule has 4 rings (SSSR count). The van der Waals surface area contributed by atoms with Crippen molar-refractivity contribution in [2.24, 2.45) is 5.10 Å². The summed E-state index contributed by atoms with van der Waals surface area (Å²) < 4.78 is 1.97. The van der Waals surface area contributed by atoms with E-state index in [0.29, 0.717) is 0 Å². The van der Waals surface area contributed by atoms with Gasteiger partial charge in [0.2, 0.25) is 0 Å². The first-order chi connectivity index (χ1) is 11.4. The van der Waals surface area contributed by atoms with Crippen LogP contribution < -0.4 is 0 Å². The fourth-order valence-corrected chi connectivity index (χ4v) is 2.97. The molecule has 0 unspecified atom stereocenters. The zero-order valence-corrected chi connectivity index (χ0v) is 13.4. The number of nitrogens with zero attached hydrogens (tertiary/aromatic N) is 4. The van der Waals surface area contributed by atoms with Crippen LogP contribution in [0.2, 0.25) is 0 Å². The molecule has 4 nitrogen and oxygen atoms in total. The van der Waals surface area contributed by atoms with Gasteiger partial charge in [0.25, 0.3) is 0 Å². The lowest BCUT2D eigenvalue weighted by molar-refractivity contribution is 0.955. The molecule has 4 aromatic rings. The summed E-state index contributed by atoms with van der Waals surface area (Å²) in [7, 11) is 0. The normalized spacial score (nSPS) is 11.7. The molecule has 0 atom stereocenters. The van der Waals surface area contributed by atoms with Gasteiger partial charge >= 0.3 is 0 Å². The van der Waals surface area contributed by atoms with Crippen LogP contribution >= 0.6 is 11.8 Å². The lowest BCUT2D eigenvalue weighted by Gasteiger charge is -2.00. The van der Waals surface area contributed by atoms with Gasteiger partial charge in [-0.15, -0.1) is 0 Å². The number of hydrogen-bond donors (Lipinski definition) is 0. The second-order valence-electron chi connectivity index (χ2n) is 5.09. The largest absolute Gasteiger partial charge is 0.232 e. The highest BCUT2D eigenvalue weighted by molar-refractivity contribution is 7.98. The standard InChI is InChI=1S/C18H14N4S/c1-23-18-19-10-13(11-20-18)12-21-22-16-8-4-2-6-14(16)15-7-3-5-9-17(15)22/h2-12H,1H3/b21-12+. The van der Waals surface area contributed by atoms with Crippen molar-refractivity contribution >= 4 is 39.8 Å². The minimum Gasteiger partial charge on any atom is -0.232 e. The Labute approximate surface area is 137 Å². The number of hydrogen-bond acceptors (Lipinski definition) is 4. The van der Waals surface area contributed by atoms with E-state index in [4.69, 9.17) is 0 Å². The molecule has 0 amide bonds. The molecule has 0 radical (unpaired) electrons. The summed E-state index contributed by atoms with van der Waals surface area (Å²) in [5, 5.41) is 7.82. The van der Waals surface area contributed by atoms with Gasteiger partial charge in [-0.25, -0.2) is 14.6 Å². The Hall–Kier alpha value is -2.66. The highest BCUT2D eigenvalue weighted by atomic mass is 32.2. The Morgan fingerprint density at radius 1 is 0.913 bits per heavy atom. The third kappa shape index (κ3) is 2.49. The molecule has 0 aliphatic heterocycles. The molecular weight excluding hydrogens is 304 g/mol. The smallest absolute Gasteiger partial charge is 0.187 e. The molecule has 2 aromatic carbocycles. The molecule has 0 fully saturated rings. The van der Waals surface area contributed by atoms with E-state index in [1.165, 1.54) is 22.5 Å². The summed E-state index contributed by atoms with van der Waals surface area (Å²) in [5.41, 5.74) is 3.06. The molecule has 5 heteroatoms. The minimum atomic E-state index is 0.763. The lowest BCUT2D eigenvalue weighted by atomic mass is 10.2. The van der Waals surface area contributed by atoms with Crippen LogP contribution in [0.15, 0.2) is 71.2 Å². The molecule has 23 heavy (non-hydrogen) atoms. The fourth-order valence-electron chi connectivity index (χ4n) is 2.65. The fraction of sp³-hybridized carbons (Fsp3) is 0.0556. The van der Waals surface area contributed by atoms with E-state index in [1.807, 2.05) is 23.1 Å². The van der Waals surface area contributed by atoms with Gasteiger partial charge in [0, 0.05) is 28.7 Å². The molecule has 0 saturated carbocycles. The second-order valence-corrected chi connectivity index (χ2v) is 5.87. The van der Waals surface area contributed by atoms with E-state index in [2.05, 4.69) is 51.5 Å². The van der Waals surface area contributed by atoms with Crippen molar-refractivity contribution in [2.75, 3.05) is 6.26 Å². The molecule has 2 heterocycles. The van der Waals surface area contributed by atoms with Gasteiger partial charge < -0.3 is 0 Å². The monoisotopic (exact) mass is 318 g/mol. The average molecular weight is 318 g/mol. The maximum absolute atomic E-state index is 4.65. The Kier molecular flexibility index (Phi) is 3.55. The second kappa shape index (κ2) is 5.85. The van der Waals surface area contributed by atoms with Crippen LogP contribution in [0.25, 0.3) is 21.8 Å². The Morgan fingerprint density at radius 2 is 1.48 bits per heavy atom. The van der Waals surface area contributed by atoms with Crippen LogP contribution in [0.5, 0.6) is 0 Å². The molecule has 0 bridgehead atoms. The van der Waals surface area contributed by atoms with Crippen LogP contribution in [-0.4, -0.2) is 27.1 Å². The van der Waals surface area contributed by atoms with Crippen molar-refractivity contribution < 1.29 is 0 Å². The van der Waals surface area contributed by atoms with Crippen molar-refractivity contribution in [2.45, 2.75) is 5.16 Å². The maximum atomic E-state index is 4.65. The summed E-state index contributed by atoms with van der Waals surface area (Å²) in [4.78, 5) is 8.55. The number of para-hydroxylation sites is 2. The van der Waals surface area contributed by atoms with Crippen molar-refractivity contribution in [3.05, 3.63) is 66.5 Å². The van der Waals surface area contributed by atoms with E-state index in [9.17, 15) is 0 Å². The predicted molar refractivity (Wildman–Crippen MR) is 96.2 cm³/mol. The van der Waals surface area contributed by atoms with E-state index >= 15 is 0 Å². The SMILES string of the molecule is CSc1ncc(/C=N/n2c3ccccc3c3ccccc32)cn1. The van der Waals surface area contributed by atoms with Gasteiger partial charge in [0.15, 0.2) is 5.16 Å². The van der Waals surface area contributed by atoms with Crippen molar-refractivity contribution in [3.63, 3.8) is 0 Å². The quantitative estimate of drug-likeness (QED) is 0.323. The average Bonchev–Trinajstić information content (AvgIpc) is 2.94. The van der Waals surface area contributed by atoms with Gasteiger partial charge in [-0.3, -0.25) is 0 Å². The van der Waals surface area contributed by atoms with E-state index in [-0.39, 0.29) is 0 Å². The highest BCUT2D eigenvalue weighted by Gasteiger charge is 2.08. The van der Waals surface area contributed by atoms with Gasteiger partial charge in [0.05, 0.1) is 17.2 Å². The topological polar surface area (TPSA) is 43.1 Å². The summed E-state index contributed by atoms with van der Waals surface area (Å²) >= 11 is 1.53. The van der Waals surface area contributed by atoms with Crippen LogP contribution in [0, 0.1) is 0 Å². The first kappa shape index (κ1) is 14.0. The summed E-state index contributed by atoms with van der Waals surface area (Å²) in [5.74, 6) is 0. The summed E-state index contributed by atoms with van der Waals surface area (Å²) in [6.45, 7) is 0. The van der Waals surface area contributed by atoms with Crippen LogP contribution in [0.1, 0.15) is 5.56 Å². The molecular formula is C18H14N4S. The Balaban J connectivity index is 1.84. The zero-order chi connectivity index (χ0) is 15.6. The molecule has 0 saturated heterocycles. The Bertz CT molecular complexity index is 949. The number of rotatable bonds is 3. The van der Waals surface area contributed by atoms with Crippen LogP contribution in [0.4, 0.5) is 0 Å². The number of thioether (sulfide) groups is 1.